The molecule has 1 aromatic heterocycles. The average Bonchev–Trinajstić information content (AvgIpc) is 2.83. The number of aromatic nitrogens is 1. The zero-order chi connectivity index (χ0) is 15.0. The van der Waals surface area contributed by atoms with Crippen molar-refractivity contribution < 1.29 is 17.6 Å². The van der Waals surface area contributed by atoms with Crippen LogP contribution >= 0.6 is 0 Å². The second kappa shape index (κ2) is 4.91. The highest BCUT2D eigenvalue weighted by atomic mass is 19.4. The highest BCUT2D eigenvalue weighted by Gasteiger charge is 2.33. The molecule has 3 aromatic rings. The minimum atomic E-state index is -4.57. The molecule has 0 aliphatic carbocycles. The summed E-state index contributed by atoms with van der Waals surface area (Å²) in [5.41, 5.74) is -0.0412. The summed E-state index contributed by atoms with van der Waals surface area (Å²) < 4.78 is 53.8. The maximum Gasteiger partial charge on any atom is 0.416 e. The third-order valence-corrected chi connectivity index (χ3v) is 3.40. The van der Waals surface area contributed by atoms with E-state index in [0.29, 0.717) is 6.07 Å². The number of alkyl halides is 3. The van der Waals surface area contributed by atoms with E-state index in [-0.39, 0.29) is 12.1 Å². The number of rotatable bonds is 2. The number of benzene rings is 2. The Hall–Kier alpha value is -2.30. The first-order valence-electron chi connectivity index (χ1n) is 6.34. The van der Waals surface area contributed by atoms with E-state index < -0.39 is 17.6 Å². The average molecular weight is 293 g/mol. The second-order valence-electron chi connectivity index (χ2n) is 4.80. The molecule has 0 bridgehead atoms. The number of hydrogen-bond acceptors (Lipinski definition) is 0. The number of hydrogen-bond donors (Lipinski definition) is 0. The van der Waals surface area contributed by atoms with Gasteiger partial charge in [0.15, 0.2) is 0 Å². The molecule has 1 nitrogen and oxygen atoms in total. The van der Waals surface area contributed by atoms with Gasteiger partial charge in [-0.3, -0.25) is 0 Å². The molecule has 0 saturated heterocycles. The molecule has 0 atom stereocenters. The van der Waals surface area contributed by atoms with Crippen LogP contribution in [0.1, 0.15) is 11.1 Å². The Morgan fingerprint density at radius 2 is 1.71 bits per heavy atom. The summed E-state index contributed by atoms with van der Waals surface area (Å²) in [6.07, 6.45) is -2.84. The molecule has 0 amide bonds. The van der Waals surface area contributed by atoms with Gasteiger partial charge in [0.2, 0.25) is 0 Å². The van der Waals surface area contributed by atoms with Crippen LogP contribution in [0.15, 0.2) is 54.7 Å². The molecule has 0 spiro atoms. The molecule has 21 heavy (non-hydrogen) atoms. The Kier molecular flexibility index (Phi) is 3.20. The Morgan fingerprint density at radius 3 is 2.48 bits per heavy atom. The van der Waals surface area contributed by atoms with Crippen LogP contribution < -0.4 is 0 Å². The van der Waals surface area contributed by atoms with Gasteiger partial charge in [-0.2, -0.15) is 13.2 Å². The molecule has 0 aliphatic rings. The summed E-state index contributed by atoms with van der Waals surface area (Å²) in [5.74, 6) is -0.886. The van der Waals surface area contributed by atoms with E-state index in [1.54, 1.807) is 10.8 Å². The quantitative estimate of drug-likeness (QED) is 0.595. The SMILES string of the molecule is Fc1ccc(Cn2ccc3ccccc32)c(C(F)(F)F)c1. The zero-order valence-corrected chi connectivity index (χ0v) is 10.9. The smallest absolute Gasteiger partial charge is 0.343 e. The normalized spacial score (nSPS) is 12.0. The summed E-state index contributed by atoms with van der Waals surface area (Å²) in [6, 6.07) is 12.0. The van der Waals surface area contributed by atoms with Crippen molar-refractivity contribution in [3.05, 3.63) is 71.7 Å². The molecule has 0 radical (unpaired) electrons. The van der Waals surface area contributed by atoms with Gasteiger partial charge in [0.25, 0.3) is 0 Å². The Bertz CT molecular complexity index is 786. The molecule has 0 saturated carbocycles. The fraction of sp³-hybridized carbons (Fsp3) is 0.125. The first-order valence-corrected chi connectivity index (χ1v) is 6.34. The summed E-state index contributed by atoms with van der Waals surface area (Å²) in [6.45, 7) is 0.0443. The molecule has 0 aliphatic heterocycles. The number of para-hydroxylation sites is 1. The van der Waals surface area contributed by atoms with Crippen LogP contribution in [0.25, 0.3) is 10.9 Å². The van der Waals surface area contributed by atoms with Crippen molar-refractivity contribution in [1.29, 1.82) is 0 Å². The molecule has 1 heterocycles. The van der Waals surface area contributed by atoms with Crippen LogP contribution in [0.4, 0.5) is 17.6 Å². The van der Waals surface area contributed by atoms with E-state index in [0.717, 1.165) is 17.0 Å². The largest absolute Gasteiger partial charge is 0.416 e. The fourth-order valence-corrected chi connectivity index (χ4v) is 2.41. The van der Waals surface area contributed by atoms with Gasteiger partial charge in [-0.15, -0.1) is 0 Å². The zero-order valence-electron chi connectivity index (χ0n) is 10.9. The van der Waals surface area contributed by atoms with Gasteiger partial charge < -0.3 is 4.57 Å². The van der Waals surface area contributed by atoms with E-state index in [1.807, 2.05) is 30.3 Å². The van der Waals surface area contributed by atoms with Crippen molar-refractivity contribution in [2.24, 2.45) is 0 Å². The van der Waals surface area contributed by atoms with E-state index in [4.69, 9.17) is 0 Å². The van der Waals surface area contributed by atoms with Gasteiger partial charge in [0.05, 0.1) is 5.56 Å². The standard InChI is InChI=1S/C16H11F4N/c17-13-6-5-12(14(9-13)16(18,19)20)10-21-8-7-11-3-1-2-4-15(11)21/h1-9H,10H2. The molecule has 108 valence electrons. The maximum absolute atomic E-state index is 13.1. The van der Waals surface area contributed by atoms with Crippen LogP contribution in [0.3, 0.4) is 0 Å². The van der Waals surface area contributed by atoms with Crippen molar-refractivity contribution in [1.82, 2.24) is 4.57 Å². The predicted molar refractivity (Wildman–Crippen MR) is 72.4 cm³/mol. The lowest BCUT2D eigenvalue weighted by Crippen LogP contribution is -2.12. The van der Waals surface area contributed by atoms with Crippen molar-refractivity contribution >= 4 is 10.9 Å². The highest BCUT2D eigenvalue weighted by Crippen LogP contribution is 2.33. The molecule has 5 heteroatoms. The summed E-state index contributed by atoms with van der Waals surface area (Å²) in [4.78, 5) is 0. The van der Waals surface area contributed by atoms with E-state index in [9.17, 15) is 17.6 Å². The van der Waals surface area contributed by atoms with Crippen LogP contribution in [0.2, 0.25) is 0 Å². The van der Waals surface area contributed by atoms with E-state index in [1.165, 1.54) is 6.07 Å². The third kappa shape index (κ3) is 2.63. The molecular formula is C16H11F4N. The van der Waals surface area contributed by atoms with Crippen LogP contribution in [0.5, 0.6) is 0 Å². The van der Waals surface area contributed by atoms with E-state index >= 15 is 0 Å². The van der Waals surface area contributed by atoms with Crippen molar-refractivity contribution in [2.75, 3.05) is 0 Å². The van der Waals surface area contributed by atoms with Crippen molar-refractivity contribution in [2.45, 2.75) is 12.7 Å². The van der Waals surface area contributed by atoms with Crippen LogP contribution in [-0.4, -0.2) is 4.57 Å². The monoisotopic (exact) mass is 293 g/mol. The van der Waals surface area contributed by atoms with Gasteiger partial charge >= 0.3 is 6.18 Å². The van der Waals surface area contributed by atoms with Gasteiger partial charge in [-0.05, 0) is 35.2 Å². The van der Waals surface area contributed by atoms with Crippen molar-refractivity contribution in [3.8, 4) is 0 Å². The molecule has 2 aromatic carbocycles. The van der Waals surface area contributed by atoms with Crippen molar-refractivity contribution in [3.63, 3.8) is 0 Å². The Labute approximate surface area is 118 Å². The van der Waals surface area contributed by atoms with E-state index in [2.05, 4.69) is 0 Å². The maximum atomic E-state index is 13.1. The number of halogens is 4. The molecule has 0 unspecified atom stereocenters. The Balaban J connectivity index is 2.06. The van der Waals surface area contributed by atoms with Crippen LogP contribution in [-0.2, 0) is 12.7 Å². The van der Waals surface area contributed by atoms with Gasteiger partial charge in [-0.25, -0.2) is 4.39 Å². The lowest BCUT2D eigenvalue weighted by Gasteiger charge is -2.14. The lowest BCUT2D eigenvalue weighted by molar-refractivity contribution is -0.138. The summed E-state index contributed by atoms with van der Waals surface area (Å²) >= 11 is 0. The minimum absolute atomic E-state index is 0.0443. The molecular weight excluding hydrogens is 282 g/mol. The first-order chi connectivity index (χ1) is 9.95. The lowest BCUT2D eigenvalue weighted by atomic mass is 10.1. The summed E-state index contributed by atoms with van der Waals surface area (Å²) in [5, 5.41) is 0.952. The Morgan fingerprint density at radius 1 is 0.952 bits per heavy atom. The minimum Gasteiger partial charge on any atom is -0.343 e. The number of fused-ring (bicyclic) bond motifs is 1. The first kappa shape index (κ1) is 13.7. The van der Waals surface area contributed by atoms with Crippen LogP contribution in [0, 0.1) is 5.82 Å². The fourth-order valence-electron chi connectivity index (χ4n) is 2.41. The number of nitrogens with zero attached hydrogens (tertiary/aromatic N) is 1. The second-order valence-corrected chi connectivity index (χ2v) is 4.80. The third-order valence-electron chi connectivity index (χ3n) is 3.40. The summed E-state index contributed by atoms with van der Waals surface area (Å²) in [7, 11) is 0. The van der Waals surface area contributed by atoms with Gasteiger partial charge in [0, 0.05) is 18.3 Å². The predicted octanol–water partition coefficient (Wildman–Crippen LogP) is 4.85. The molecule has 3 rings (SSSR count). The topological polar surface area (TPSA) is 4.93 Å². The molecule has 0 fully saturated rings. The highest BCUT2D eigenvalue weighted by molar-refractivity contribution is 5.80. The molecule has 0 N–H and O–H groups in total. The van der Waals surface area contributed by atoms with Gasteiger partial charge in [-0.1, -0.05) is 24.3 Å². The van der Waals surface area contributed by atoms with Gasteiger partial charge in [0.1, 0.15) is 5.82 Å².